The van der Waals surface area contributed by atoms with Crippen molar-refractivity contribution in [2.45, 2.75) is 30.7 Å². The highest BCUT2D eigenvalue weighted by atomic mass is 32.2. The van der Waals surface area contributed by atoms with Crippen molar-refractivity contribution in [3.05, 3.63) is 53.9 Å². The minimum absolute atomic E-state index is 0.243. The number of rotatable bonds is 4. The van der Waals surface area contributed by atoms with Crippen LogP contribution < -0.4 is 4.74 Å². The lowest BCUT2D eigenvalue weighted by atomic mass is 10.1. The predicted octanol–water partition coefficient (Wildman–Crippen LogP) is 2.79. The van der Waals surface area contributed by atoms with Crippen molar-refractivity contribution in [1.82, 2.24) is 9.29 Å². The molecule has 0 unspecified atom stereocenters. The fraction of sp³-hybridized carbons (Fsp3) is 0.353. The van der Waals surface area contributed by atoms with Gasteiger partial charge in [0, 0.05) is 25.5 Å². The van der Waals surface area contributed by atoms with E-state index in [4.69, 9.17) is 4.74 Å². The van der Waals surface area contributed by atoms with Crippen molar-refractivity contribution >= 4 is 10.0 Å². The lowest BCUT2D eigenvalue weighted by molar-refractivity contribution is 0.278. The Morgan fingerprint density at radius 3 is 2.83 bits per heavy atom. The van der Waals surface area contributed by atoms with Crippen molar-refractivity contribution < 1.29 is 13.2 Å². The summed E-state index contributed by atoms with van der Waals surface area (Å²) in [6, 6.07) is 8.70. The van der Waals surface area contributed by atoms with Gasteiger partial charge in [-0.3, -0.25) is 4.98 Å². The van der Waals surface area contributed by atoms with Crippen LogP contribution in [-0.2, 0) is 16.4 Å². The highest BCUT2D eigenvalue weighted by molar-refractivity contribution is 7.89. The third kappa shape index (κ3) is 2.96. The van der Waals surface area contributed by atoms with E-state index in [1.165, 1.54) is 4.31 Å². The number of hydrogen-bond acceptors (Lipinski definition) is 4. The number of sulfonamides is 1. The fourth-order valence-electron chi connectivity index (χ4n) is 2.76. The summed E-state index contributed by atoms with van der Waals surface area (Å²) in [4.78, 5) is 4.31. The van der Waals surface area contributed by atoms with Gasteiger partial charge in [0.05, 0.1) is 6.61 Å². The second kappa shape index (κ2) is 6.29. The molecule has 0 bridgehead atoms. The van der Waals surface area contributed by atoms with Crippen molar-refractivity contribution in [3.8, 4) is 5.75 Å². The summed E-state index contributed by atoms with van der Waals surface area (Å²) in [6.07, 6.45) is 5.12. The first-order chi connectivity index (χ1) is 11.0. The van der Waals surface area contributed by atoms with Gasteiger partial charge in [0.15, 0.2) is 0 Å². The van der Waals surface area contributed by atoms with Crippen LogP contribution in [0.3, 0.4) is 0 Å². The molecular formula is C17H20N2O3S. The monoisotopic (exact) mass is 332 g/mol. The number of ether oxygens (including phenoxy) is 1. The molecule has 0 N–H and O–H groups in total. The smallest absolute Gasteiger partial charge is 0.247 e. The molecule has 6 heteroatoms. The molecule has 2 heterocycles. The maximum Gasteiger partial charge on any atom is 0.247 e. The Labute approximate surface area is 137 Å². The van der Waals surface area contributed by atoms with Crippen molar-refractivity contribution in [2.75, 3.05) is 13.7 Å². The molecule has 1 aromatic carbocycles. The average molecular weight is 332 g/mol. The molecule has 0 saturated heterocycles. The zero-order valence-electron chi connectivity index (χ0n) is 13.3. The molecule has 0 radical (unpaired) electrons. The summed E-state index contributed by atoms with van der Waals surface area (Å²) in [5.74, 6) is 0.504. The number of pyridine rings is 1. The van der Waals surface area contributed by atoms with Crippen LogP contribution in [0.2, 0.25) is 0 Å². The van der Waals surface area contributed by atoms with Crippen LogP contribution in [0, 0.1) is 0 Å². The Bertz CT molecular complexity index is 791. The van der Waals surface area contributed by atoms with Crippen molar-refractivity contribution in [3.63, 3.8) is 0 Å². The van der Waals surface area contributed by atoms with Crippen molar-refractivity contribution in [1.29, 1.82) is 0 Å². The molecule has 0 fully saturated rings. The van der Waals surface area contributed by atoms with Gasteiger partial charge in [-0.25, -0.2) is 8.42 Å². The molecule has 1 atom stereocenters. The fourth-order valence-corrected chi connectivity index (χ4v) is 4.28. The number of benzene rings is 1. The molecular weight excluding hydrogens is 312 g/mol. The highest BCUT2D eigenvalue weighted by Crippen LogP contribution is 2.35. The Hall–Kier alpha value is -1.92. The quantitative estimate of drug-likeness (QED) is 0.864. The molecule has 23 heavy (non-hydrogen) atoms. The van der Waals surface area contributed by atoms with Crippen molar-refractivity contribution in [2.24, 2.45) is 0 Å². The van der Waals surface area contributed by atoms with E-state index in [0.29, 0.717) is 12.4 Å². The van der Waals surface area contributed by atoms with Crippen LogP contribution in [0.25, 0.3) is 0 Å². The lowest BCUT2D eigenvalue weighted by Gasteiger charge is -2.27. The van der Waals surface area contributed by atoms with Gasteiger partial charge in [0.1, 0.15) is 10.6 Å². The van der Waals surface area contributed by atoms with Gasteiger partial charge in [0.2, 0.25) is 10.0 Å². The van der Waals surface area contributed by atoms with Crippen LogP contribution >= 0.6 is 0 Å². The molecule has 3 rings (SSSR count). The van der Waals surface area contributed by atoms with Crippen LogP contribution in [0.15, 0.2) is 47.6 Å². The van der Waals surface area contributed by atoms with Gasteiger partial charge in [0.25, 0.3) is 0 Å². The Morgan fingerprint density at radius 2 is 2.09 bits per heavy atom. The number of aromatic nitrogens is 1. The minimum Gasteiger partial charge on any atom is -0.492 e. The van der Waals surface area contributed by atoms with Gasteiger partial charge in [-0.15, -0.1) is 0 Å². The van der Waals surface area contributed by atoms with E-state index in [0.717, 1.165) is 24.0 Å². The largest absolute Gasteiger partial charge is 0.492 e. The lowest BCUT2D eigenvalue weighted by Crippen LogP contribution is -2.30. The van der Waals surface area contributed by atoms with Gasteiger partial charge in [-0.2, -0.15) is 4.31 Å². The minimum atomic E-state index is -3.65. The number of fused-ring (bicyclic) bond motifs is 1. The first-order valence-corrected chi connectivity index (χ1v) is 9.08. The summed E-state index contributed by atoms with van der Waals surface area (Å²) >= 11 is 0. The molecule has 2 aromatic rings. The standard InChI is InChI=1S/C17H20N2O3S/c1-13(15-7-4-10-18-12-15)19(2)23(20,21)16-9-3-6-14-8-5-11-22-17(14)16/h3-4,6-7,9-10,12-13H,5,8,11H2,1-2H3/t13-/m0/s1. The normalized spacial score (nSPS) is 15.8. The molecule has 0 spiro atoms. The van der Waals surface area contributed by atoms with Gasteiger partial charge >= 0.3 is 0 Å². The molecule has 0 aliphatic carbocycles. The summed E-state index contributed by atoms with van der Waals surface area (Å²) in [7, 11) is -2.05. The summed E-state index contributed by atoms with van der Waals surface area (Å²) in [5, 5.41) is 0. The third-order valence-electron chi connectivity index (χ3n) is 4.27. The molecule has 122 valence electrons. The molecule has 1 aromatic heterocycles. The second-order valence-electron chi connectivity index (χ2n) is 5.68. The second-order valence-corrected chi connectivity index (χ2v) is 7.65. The Balaban J connectivity index is 1.99. The topological polar surface area (TPSA) is 59.5 Å². The molecule has 1 aliphatic heterocycles. The predicted molar refractivity (Wildman–Crippen MR) is 87.9 cm³/mol. The van der Waals surface area contributed by atoms with Gasteiger partial charge < -0.3 is 4.74 Å². The van der Waals surface area contributed by atoms with E-state index in [9.17, 15) is 8.42 Å². The first-order valence-electron chi connectivity index (χ1n) is 7.64. The van der Waals surface area contributed by atoms with Crippen LogP contribution in [0.5, 0.6) is 5.75 Å². The van der Waals surface area contributed by atoms with E-state index < -0.39 is 10.0 Å². The van der Waals surface area contributed by atoms with E-state index in [2.05, 4.69) is 4.98 Å². The van der Waals surface area contributed by atoms with Crippen LogP contribution in [0.1, 0.15) is 30.5 Å². The van der Waals surface area contributed by atoms with E-state index >= 15 is 0 Å². The summed E-state index contributed by atoms with van der Waals surface area (Å²) in [5.41, 5.74) is 1.81. The summed E-state index contributed by atoms with van der Waals surface area (Å²) in [6.45, 7) is 2.41. The molecule has 5 nitrogen and oxygen atoms in total. The maximum atomic E-state index is 13.0. The SMILES string of the molecule is C[C@@H](c1cccnc1)N(C)S(=O)(=O)c1cccc2c1OCCC2. The van der Waals surface area contributed by atoms with E-state index in [1.54, 1.807) is 37.6 Å². The number of para-hydroxylation sites is 1. The highest BCUT2D eigenvalue weighted by Gasteiger charge is 2.31. The van der Waals surface area contributed by atoms with E-state index in [1.807, 2.05) is 19.1 Å². The number of hydrogen-bond donors (Lipinski definition) is 0. The third-order valence-corrected chi connectivity index (χ3v) is 6.22. The summed E-state index contributed by atoms with van der Waals surface area (Å²) < 4.78 is 33.1. The van der Waals surface area contributed by atoms with Crippen LogP contribution in [-0.4, -0.2) is 31.4 Å². The molecule has 1 aliphatic rings. The molecule has 0 saturated carbocycles. The zero-order chi connectivity index (χ0) is 16.4. The van der Waals surface area contributed by atoms with Gasteiger partial charge in [-0.1, -0.05) is 18.2 Å². The number of nitrogens with zero attached hydrogens (tertiary/aromatic N) is 2. The Kier molecular flexibility index (Phi) is 4.37. The van der Waals surface area contributed by atoms with Crippen LogP contribution in [0.4, 0.5) is 0 Å². The Morgan fingerprint density at radius 1 is 1.26 bits per heavy atom. The maximum absolute atomic E-state index is 13.0. The zero-order valence-corrected chi connectivity index (χ0v) is 14.1. The first kappa shape index (κ1) is 16.0. The average Bonchev–Trinajstić information content (AvgIpc) is 2.60. The van der Waals surface area contributed by atoms with Gasteiger partial charge in [-0.05, 0) is 43.0 Å². The van der Waals surface area contributed by atoms with E-state index in [-0.39, 0.29) is 10.9 Å². The number of aryl methyl sites for hydroxylation is 1. The molecule has 0 amide bonds.